The average molecular weight is 514 g/mol. The van der Waals surface area contributed by atoms with E-state index in [2.05, 4.69) is 27.6 Å². The lowest BCUT2D eigenvalue weighted by Gasteiger charge is -2.12. The number of aryl methyl sites for hydroxylation is 1. The van der Waals surface area contributed by atoms with Gasteiger partial charge in [-0.1, -0.05) is 78.0 Å². The summed E-state index contributed by atoms with van der Waals surface area (Å²) in [5.41, 5.74) is 5.43. The molecule has 0 radical (unpaired) electrons. The molecule has 0 aliphatic heterocycles. The predicted octanol–water partition coefficient (Wildman–Crippen LogP) is 6.87. The number of aromatic nitrogens is 4. The number of nitrogens with zero attached hydrogens (tertiary/aromatic N) is 4. The fraction of sp³-hybridized carbons (Fsp3) is 0.143. The van der Waals surface area contributed by atoms with E-state index in [9.17, 15) is 4.79 Å². The van der Waals surface area contributed by atoms with Gasteiger partial charge in [0.2, 0.25) is 5.91 Å². The molecule has 0 bridgehead atoms. The van der Waals surface area contributed by atoms with Crippen molar-refractivity contribution in [2.45, 2.75) is 25.5 Å². The van der Waals surface area contributed by atoms with E-state index in [1.165, 1.54) is 11.8 Å². The van der Waals surface area contributed by atoms with E-state index in [0.717, 1.165) is 39.1 Å². The smallest absolute Gasteiger partial charge is 0.234 e. The Morgan fingerprint density at radius 2 is 1.78 bits per heavy atom. The normalized spacial score (nSPS) is 11.1. The molecule has 0 atom stereocenters. The van der Waals surface area contributed by atoms with Gasteiger partial charge in [0.25, 0.3) is 0 Å². The van der Waals surface area contributed by atoms with Crippen LogP contribution in [0.4, 0.5) is 5.69 Å². The zero-order valence-electron chi connectivity index (χ0n) is 19.9. The molecule has 0 spiro atoms. The molecule has 180 valence electrons. The van der Waals surface area contributed by atoms with E-state index in [4.69, 9.17) is 16.6 Å². The van der Waals surface area contributed by atoms with Crippen LogP contribution >= 0.6 is 23.4 Å². The van der Waals surface area contributed by atoms with Crippen LogP contribution in [-0.2, 0) is 11.3 Å². The maximum Gasteiger partial charge on any atom is 0.234 e. The molecule has 0 saturated carbocycles. The van der Waals surface area contributed by atoms with Gasteiger partial charge in [-0.15, -0.1) is 10.2 Å². The van der Waals surface area contributed by atoms with Gasteiger partial charge in [0, 0.05) is 33.8 Å². The van der Waals surface area contributed by atoms with E-state index in [-0.39, 0.29) is 11.7 Å². The molecule has 8 heteroatoms. The molecule has 36 heavy (non-hydrogen) atoms. The molecule has 3 aromatic carbocycles. The van der Waals surface area contributed by atoms with Crippen LogP contribution in [0.5, 0.6) is 0 Å². The highest BCUT2D eigenvalue weighted by Crippen LogP contribution is 2.33. The number of hydrogen-bond acceptors (Lipinski definition) is 5. The van der Waals surface area contributed by atoms with Crippen molar-refractivity contribution in [3.8, 4) is 22.6 Å². The number of carbonyl (C=O) groups is 1. The summed E-state index contributed by atoms with van der Waals surface area (Å²) in [6.45, 7) is 4.65. The maximum absolute atomic E-state index is 12.7. The van der Waals surface area contributed by atoms with Crippen molar-refractivity contribution in [2.75, 3.05) is 11.1 Å². The van der Waals surface area contributed by atoms with E-state index in [0.29, 0.717) is 22.4 Å². The van der Waals surface area contributed by atoms with Crippen molar-refractivity contribution < 1.29 is 4.79 Å². The molecule has 2 heterocycles. The Hall–Kier alpha value is -3.68. The van der Waals surface area contributed by atoms with E-state index in [1.807, 2.05) is 73.0 Å². The highest BCUT2D eigenvalue weighted by molar-refractivity contribution is 7.99. The lowest BCUT2D eigenvalue weighted by atomic mass is 10.0. The van der Waals surface area contributed by atoms with Crippen molar-refractivity contribution in [2.24, 2.45) is 0 Å². The predicted molar refractivity (Wildman–Crippen MR) is 147 cm³/mol. The molecule has 0 fully saturated rings. The Balaban J connectivity index is 1.45. The number of rotatable bonds is 7. The molecule has 5 aromatic rings. The first-order valence-electron chi connectivity index (χ1n) is 11.6. The second kappa shape index (κ2) is 10.5. The van der Waals surface area contributed by atoms with Gasteiger partial charge in [-0.05, 0) is 43.7 Å². The Morgan fingerprint density at radius 1 is 1.00 bits per heavy atom. The minimum absolute atomic E-state index is 0.127. The molecule has 5 rings (SSSR count). The summed E-state index contributed by atoms with van der Waals surface area (Å²) in [5, 5.41) is 14.2. The summed E-state index contributed by atoms with van der Waals surface area (Å²) in [5.74, 6) is 0.830. The second-order valence-electron chi connectivity index (χ2n) is 8.28. The summed E-state index contributed by atoms with van der Waals surface area (Å²) < 4.78 is 2.04. The number of halogens is 1. The summed E-state index contributed by atoms with van der Waals surface area (Å²) in [7, 11) is 0. The summed E-state index contributed by atoms with van der Waals surface area (Å²) in [4.78, 5) is 17.5. The van der Waals surface area contributed by atoms with E-state index in [1.54, 1.807) is 12.1 Å². The third-order valence-electron chi connectivity index (χ3n) is 5.87. The minimum Gasteiger partial charge on any atom is -0.325 e. The lowest BCUT2D eigenvalue weighted by Crippen LogP contribution is -2.15. The SMILES string of the molecule is CCn1c(SCC(=O)Nc2cc(Cl)ccc2C)nnc1-c1cc(-c2ccccc2)nc2ccccc12. The van der Waals surface area contributed by atoms with Crippen molar-refractivity contribution in [1.29, 1.82) is 0 Å². The van der Waals surface area contributed by atoms with E-state index >= 15 is 0 Å². The summed E-state index contributed by atoms with van der Waals surface area (Å²) in [6.07, 6.45) is 0. The lowest BCUT2D eigenvalue weighted by molar-refractivity contribution is -0.113. The van der Waals surface area contributed by atoms with Gasteiger partial charge in [-0.2, -0.15) is 0 Å². The molecular formula is C28H24ClN5OS. The molecular weight excluding hydrogens is 490 g/mol. The number of para-hydroxylation sites is 1. The number of hydrogen-bond donors (Lipinski definition) is 1. The molecule has 2 aromatic heterocycles. The number of nitrogens with one attached hydrogen (secondary N) is 1. The topological polar surface area (TPSA) is 72.7 Å². The number of pyridine rings is 1. The molecule has 0 saturated heterocycles. The van der Waals surface area contributed by atoms with E-state index < -0.39 is 0 Å². The standard InChI is InChI=1S/C28H24ClN5OS/c1-3-34-27(32-33-28(34)36-17-26(35)31-24-15-20(29)14-13-18(24)2)22-16-25(19-9-5-4-6-10-19)30-23-12-8-7-11-21(22)23/h4-16H,3,17H2,1-2H3,(H,31,35). The van der Waals surface area contributed by atoms with Crippen LogP contribution < -0.4 is 5.32 Å². The molecule has 6 nitrogen and oxygen atoms in total. The van der Waals surface area contributed by atoms with Crippen LogP contribution in [0.1, 0.15) is 12.5 Å². The zero-order chi connectivity index (χ0) is 25.1. The van der Waals surface area contributed by atoms with Crippen LogP contribution in [0.25, 0.3) is 33.5 Å². The van der Waals surface area contributed by atoms with Crippen LogP contribution in [0, 0.1) is 6.92 Å². The summed E-state index contributed by atoms with van der Waals surface area (Å²) in [6, 6.07) is 25.7. The van der Waals surface area contributed by atoms with Crippen LogP contribution in [0.3, 0.4) is 0 Å². The van der Waals surface area contributed by atoms with Gasteiger partial charge in [0.05, 0.1) is 17.0 Å². The molecule has 1 N–H and O–H groups in total. The fourth-order valence-corrected chi connectivity index (χ4v) is 5.02. The molecule has 0 aliphatic rings. The van der Waals surface area contributed by atoms with Crippen LogP contribution in [0.15, 0.2) is 84.0 Å². The van der Waals surface area contributed by atoms with Crippen molar-refractivity contribution in [3.63, 3.8) is 0 Å². The Labute approximate surface area is 218 Å². The summed E-state index contributed by atoms with van der Waals surface area (Å²) >= 11 is 7.44. The molecule has 1 amide bonds. The second-order valence-corrected chi connectivity index (χ2v) is 9.66. The number of anilines is 1. The van der Waals surface area contributed by atoms with Gasteiger partial charge >= 0.3 is 0 Å². The number of fused-ring (bicyclic) bond motifs is 1. The largest absolute Gasteiger partial charge is 0.325 e. The van der Waals surface area contributed by atoms with Crippen molar-refractivity contribution >= 4 is 45.9 Å². The first kappa shape index (κ1) is 24.0. The first-order chi connectivity index (χ1) is 17.5. The molecule has 0 unspecified atom stereocenters. The van der Waals surface area contributed by atoms with Crippen LogP contribution in [0.2, 0.25) is 5.02 Å². The fourth-order valence-electron chi connectivity index (χ4n) is 4.04. The van der Waals surface area contributed by atoms with Gasteiger partial charge in [0.1, 0.15) is 0 Å². The third-order valence-corrected chi connectivity index (χ3v) is 7.07. The van der Waals surface area contributed by atoms with Gasteiger partial charge in [-0.3, -0.25) is 4.79 Å². The van der Waals surface area contributed by atoms with Gasteiger partial charge < -0.3 is 9.88 Å². The maximum atomic E-state index is 12.7. The Bertz CT molecular complexity index is 1550. The number of thioether (sulfide) groups is 1. The Morgan fingerprint density at radius 3 is 2.58 bits per heavy atom. The van der Waals surface area contributed by atoms with Crippen LogP contribution in [-0.4, -0.2) is 31.4 Å². The number of benzene rings is 3. The Kier molecular flexibility index (Phi) is 7.02. The molecule has 0 aliphatic carbocycles. The average Bonchev–Trinajstić information content (AvgIpc) is 3.32. The first-order valence-corrected chi connectivity index (χ1v) is 13.0. The highest BCUT2D eigenvalue weighted by Gasteiger charge is 2.18. The van der Waals surface area contributed by atoms with Gasteiger partial charge in [-0.25, -0.2) is 4.98 Å². The number of amides is 1. The number of carbonyl (C=O) groups excluding carboxylic acids is 1. The van der Waals surface area contributed by atoms with Crippen molar-refractivity contribution in [3.05, 3.63) is 89.4 Å². The zero-order valence-corrected chi connectivity index (χ0v) is 21.5. The monoisotopic (exact) mass is 513 g/mol. The van der Waals surface area contributed by atoms with Crippen molar-refractivity contribution in [1.82, 2.24) is 19.7 Å². The third kappa shape index (κ3) is 4.98. The quantitative estimate of drug-likeness (QED) is 0.240. The van der Waals surface area contributed by atoms with Gasteiger partial charge in [0.15, 0.2) is 11.0 Å². The highest BCUT2D eigenvalue weighted by atomic mass is 35.5. The minimum atomic E-state index is -0.127.